The van der Waals surface area contributed by atoms with Crippen LogP contribution in [-0.2, 0) is 10.0 Å². The smallest absolute Gasteiger partial charge is 0.214 e. The number of rotatable bonds is 5. The van der Waals surface area contributed by atoms with Gasteiger partial charge in [-0.1, -0.05) is 50.3 Å². The first-order valence-electron chi connectivity index (χ1n) is 12.2. The molecule has 0 bridgehead atoms. The Morgan fingerprint density at radius 3 is 2.48 bits per heavy atom. The molecule has 1 aromatic heterocycles. The summed E-state index contributed by atoms with van der Waals surface area (Å²) in [5.41, 5.74) is 0. The molecule has 7 nitrogen and oxygen atoms in total. The van der Waals surface area contributed by atoms with Crippen molar-refractivity contribution in [2.45, 2.75) is 105 Å². The first-order chi connectivity index (χ1) is 15.0. The third kappa shape index (κ3) is 4.70. The van der Waals surface area contributed by atoms with Gasteiger partial charge in [0.2, 0.25) is 10.0 Å². The van der Waals surface area contributed by atoms with Gasteiger partial charge in [-0.2, -0.15) is 5.10 Å². The van der Waals surface area contributed by atoms with Gasteiger partial charge in [-0.15, -0.1) is 0 Å². The number of hydrogen-bond acceptors (Lipinski definition) is 6. The average Bonchev–Trinajstić information content (AvgIpc) is 3.29. The number of thioether (sulfide) groups is 1. The van der Waals surface area contributed by atoms with Gasteiger partial charge in [-0.25, -0.2) is 18.1 Å². The fourth-order valence-corrected chi connectivity index (χ4v) is 10.00. The molecule has 4 aliphatic carbocycles. The van der Waals surface area contributed by atoms with Crippen molar-refractivity contribution in [3.05, 3.63) is 6.33 Å². The standard InChI is InChI=1S/C22H36N4O3S2/c27-21-18-8-4-3-7-17(18)19(12-20(21)30-22-23-13-24-25-22)26-31(28,29)16-10-9-14-5-1-2-6-15(14)11-16/h13-21,26-27H,1-12H2,(H,23,24,25)/t14?,15?,16?,17-,18?,19?,20?,21?/m1/s1. The van der Waals surface area contributed by atoms with E-state index >= 15 is 0 Å². The molecular formula is C22H36N4O3S2. The minimum absolute atomic E-state index is 0.0749. The summed E-state index contributed by atoms with van der Waals surface area (Å²) in [5.74, 6) is 1.73. The lowest BCUT2D eigenvalue weighted by molar-refractivity contribution is 0.00213. The van der Waals surface area contributed by atoms with E-state index < -0.39 is 16.1 Å². The Balaban J connectivity index is 1.31. The van der Waals surface area contributed by atoms with Crippen LogP contribution in [0.15, 0.2) is 11.5 Å². The average molecular weight is 469 g/mol. The lowest BCUT2D eigenvalue weighted by Crippen LogP contribution is -2.56. The van der Waals surface area contributed by atoms with Crippen LogP contribution in [0.5, 0.6) is 0 Å². The summed E-state index contributed by atoms with van der Waals surface area (Å²) in [7, 11) is -3.36. The fraction of sp³-hybridized carbons (Fsp3) is 0.909. The highest BCUT2D eigenvalue weighted by Crippen LogP contribution is 2.46. The topological polar surface area (TPSA) is 108 Å². The van der Waals surface area contributed by atoms with Gasteiger partial charge in [0, 0.05) is 11.3 Å². The molecule has 1 heterocycles. The van der Waals surface area contributed by atoms with E-state index in [9.17, 15) is 13.5 Å². The van der Waals surface area contributed by atoms with E-state index in [1.807, 2.05) is 0 Å². The third-order valence-corrected chi connectivity index (χ3v) is 11.7. The van der Waals surface area contributed by atoms with Crippen LogP contribution in [0.25, 0.3) is 0 Å². The van der Waals surface area contributed by atoms with Crippen LogP contribution in [0.1, 0.15) is 77.0 Å². The van der Waals surface area contributed by atoms with Crippen molar-refractivity contribution in [1.29, 1.82) is 0 Å². The van der Waals surface area contributed by atoms with E-state index in [-0.39, 0.29) is 28.4 Å². The van der Waals surface area contributed by atoms with Gasteiger partial charge in [-0.3, -0.25) is 5.10 Å². The maximum atomic E-state index is 13.5. The van der Waals surface area contributed by atoms with Gasteiger partial charge in [0.1, 0.15) is 6.33 Å². The fourth-order valence-electron chi connectivity index (χ4n) is 7.02. The van der Waals surface area contributed by atoms with E-state index in [0.29, 0.717) is 17.5 Å². The number of aliphatic hydroxyl groups is 1. The molecule has 0 radical (unpaired) electrons. The summed E-state index contributed by atoms with van der Waals surface area (Å²) in [6.07, 6.45) is 13.7. The molecule has 9 heteroatoms. The monoisotopic (exact) mass is 468 g/mol. The van der Waals surface area contributed by atoms with Gasteiger partial charge >= 0.3 is 0 Å². The molecule has 174 valence electrons. The van der Waals surface area contributed by atoms with Crippen LogP contribution in [0, 0.1) is 23.7 Å². The molecule has 0 amide bonds. The minimum atomic E-state index is -3.36. The summed E-state index contributed by atoms with van der Waals surface area (Å²) in [6, 6.07) is -0.0943. The van der Waals surface area contributed by atoms with Crippen LogP contribution in [0.4, 0.5) is 0 Å². The Hall–Kier alpha value is -0.640. The third-order valence-electron chi connectivity index (χ3n) is 8.60. The zero-order chi connectivity index (χ0) is 21.4. The Kier molecular flexibility index (Phi) is 6.66. The molecule has 0 saturated heterocycles. The van der Waals surface area contributed by atoms with E-state index in [0.717, 1.165) is 50.9 Å². The molecule has 4 aliphatic rings. The zero-order valence-corrected chi connectivity index (χ0v) is 19.8. The highest BCUT2D eigenvalue weighted by atomic mass is 32.2. The quantitative estimate of drug-likeness (QED) is 0.611. The van der Waals surface area contributed by atoms with Crippen molar-refractivity contribution >= 4 is 21.8 Å². The maximum Gasteiger partial charge on any atom is 0.214 e. The molecule has 7 unspecified atom stereocenters. The highest BCUT2D eigenvalue weighted by molar-refractivity contribution is 7.99. The number of hydrogen-bond donors (Lipinski definition) is 3. The number of nitrogens with one attached hydrogen (secondary N) is 2. The molecule has 4 fully saturated rings. The van der Waals surface area contributed by atoms with Gasteiger partial charge in [-0.05, 0) is 62.2 Å². The number of sulfonamides is 1. The van der Waals surface area contributed by atoms with Crippen molar-refractivity contribution in [3.8, 4) is 0 Å². The lowest BCUT2D eigenvalue weighted by atomic mass is 9.67. The molecule has 0 spiro atoms. The molecule has 5 rings (SSSR count). The van der Waals surface area contributed by atoms with E-state index in [4.69, 9.17) is 0 Å². The van der Waals surface area contributed by atoms with Crippen LogP contribution in [-0.4, -0.2) is 51.4 Å². The second-order valence-corrected chi connectivity index (χ2v) is 13.5. The molecule has 31 heavy (non-hydrogen) atoms. The molecule has 0 aromatic carbocycles. The Morgan fingerprint density at radius 1 is 0.968 bits per heavy atom. The van der Waals surface area contributed by atoms with Crippen LogP contribution >= 0.6 is 11.8 Å². The van der Waals surface area contributed by atoms with E-state index in [1.165, 1.54) is 43.8 Å². The van der Waals surface area contributed by atoms with E-state index in [1.54, 1.807) is 0 Å². The summed E-state index contributed by atoms with van der Waals surface area (Å²) in [6.45, 7) is 0. The number of nitrogens with zero attached hydrogens (tertiary/aromatic N) is 2. The summed E-state index contributed by atoms with van der Waals surface area (Å²) in [4.78, 5) is 4.21. The minimum Gasteiger partial charge on any atom is -0.392 e. The SMILES string of the molecule is O=S(=O)(NC1CC(Sc2ncn[nH]2)C(O)C2CCCC[C@@H]12)C1CCC2CCCCC2C1. The van der Waals surface area contributed by atoms with Crippen LogP contribution < -0.4 is 4.72 Å². The zero-order valence-electron chi connectivity index (χ0n) is 18.2. The molecular weight excluding hydrogens is 432 g/mol. The Bertz CT molecular complexity index is 834. The second-order valence-electron chi connectivity index (χ2n) is 10.3. The van der Waals surface area contributed by atoms with Crippen molar-refractivity contribution in [1.82, 2.24) is 19.9 Å². The van der Waals surface area contributed by atoms with Crippen LogP contribution in [0.3, 0.4) is 0 Å². The number of H-pyrrole nitrogens is 1. The molecule has 0 aliphatic heterocycles. The molecule has 8 atom stereocenters. The number of fused-ring (bicyclic) bond motifs is 2. The molecule has 4 saturated carbocycles. The summed E-state index contributed by atoms with van der Waals surface area (Å²) < 4.78 is 30.2. The number of aliphatic hydroxyl groups excluding tert-OH is 1. The Morgan fingerprint density at radius 2 is 1.71 bits per heavy atom. The van der Waals surface area contributed by atoms with Crippen molar-refractivity contribution in [2.24, 2.45) is 23.7 Å². The normalized spacial score (nSPS) is 41.3. The summed E-state index contributed by atoms with van der Waals surface area (Å²) >= 11 is 1.50. The van der Waals surface area contributed by atoms with Gasteiger partial charge in [0.05, 0.1) is 11.4 Å². The van der Waals surface area contributed by atoms with Gasteiger partial charge < -0.3 is 5.11 Å². The first-order valence-corrected chi connectivity index (χ1v) is 14.6. The maximum absolute atomic E-state index is 13.5. The molecule has 1 aromatic rings. The largest absolute Gasteiger partial charge is 0.392 e. The molecule has 3 N–H and O–H groups in total. The Labute approximate surface area is 190 Å². The summed E-state index contributed by atoms with van der Waals surface area (Å²) in [5, 5.41) is 18.3. The predicted molar refractivity (Wildman–Crippen MR) is 121 cm³/mol. The van der Waals surface area contributed by atoms with Gasteiger partial charge in [0.15, 0.2) is 5.16 Å². The van der Waals surface area contributed by atoms with E-state index in [2.05, 4.69) is 19.9 Å². The van der Waals surface area contributed by atoms with Crippen molar-refractivity contribution in [3.63, 3.8) is 0 Å². The predicted octanol–water partition coefficient (Wildman–Crippen LogP) is 3.48. The first kappa shape index (κ1) is 22.2. The lowest BCUT2D eigenvalue weighted by Gasteiger charge is -2.48. The highest BCUT2D eigenvalue weighted by Gasteiger charge is 2.47. The van der Waals surface area contributed by atoms with Gasteiger partial charge in [0.25, 0.3) is 0 Å². The number of aromatic amines is 1. The second kappa shape index (κ2) is 9.31. The van der Waals surface area contributed by atoms with Crippen molar-refractivity contribution < 1.29 is 13.5 Å². The van der Waals surface area contributed by atoms with Crippen LogP contribution in [0.2, 0.25) is 0 Å². The van der Waals surface area contributed by atoms with Crippen molar-refractivity contribution in [2.75, 3.05) is 0 Å². The number of aromatic nitrogens is 3.